The van der Waals surface area contributed by atoms with Crippen molar-refractivity contribution in [3.8, 4) is 5.75 Å². The summed E-state index contributed by atoms with van der Waals surface area (Å²) in [6.45, 7) is 18.4. The van der Waals surface area contributed by atoms with Crippen LogP contribution in [0.1, 0.15) is 31.4 Å². The lowest BCUT2D eigenvalue weighted by atomic mass is 9.90. The molecule has 0 bridgehead atoms. The molecule has 2 fully saturated rings. The number of carbonyl (C=O) groups excluding carboxylic acids is 1. The molecule has 214 valence electrons. The predicted molar refractivity (Wildman–Crippen MR) is 165 cm³/mol. The Hall–Kier alpha value is -3.10. The number of aliphatic imine (C=N–C) groups is 1. The number of likely N-dealkylation sites (N-methyl/N-ethyl adjacent to an activating group) is 3. The highest BCUT2D eigenvalue weighted by molar-refractivity contribution is 5.86. The quantitative estimate of drug-likeness (QED) is 0.237. The Morgan fingerprint density at radius 2 is 1.92 bits per heavy atom. The summed E-state index contributed by atoms with van der Waals surface area (Å²) in [5.41, 5.74) is 3.02. The van der Waals surface area contributed by atoms with Crippen LogP contribution in [0.5, 0.6) is 5.75 Å². The molecule has 3 rings (SSSR count). The van der Waals surface area contributed by atoms with Crippen LogP contribution in [-0.4, -0.2) is 123 Å². The van der Waals surface area contributed by atoms with Crippen LogP contribution in [0.4, 0.5) is 5.69 Å². The Morgan fingerprint density at radius 1 is 1.18 bits per heavy atom. The van der Waals surface area contributed by atoms with Gasteiger partial charge in [0, 0.05) is 75.7 Å². The van der Waals surface area contributed by atoms with E-state index < -0.39 is 0 Å². The van der Waals surface area contributed by atoms with Gasteiger partial charge in [0.2, 0.25) is 5.91 Å². The number of phenols is 1. The van der Waals surface area contributed by atoms with E-state index in [1.54, 1.807) is 12.1 Å². The predicted octanol–water partition coefficient (Wildman–Crippen LogP) is 3.50. The second-order valence-electron chi connectivity index (χ2n) is 11.0. The third kappa shape index (κ3) is 7.96. The van der Waals surface area contributed by atoms with E-state index in [1.807, 2.05) is 37.2 Å². The molecule has 1 aromatic rings. The largest absolute Gasteiger partial charge is 0.508 e. The lowest BCUT2D eigenvalue weighted by molar-refractivity contribution is -0.126. The number of carbonyl (C=O) groups is 1. The average Bonchev–Trinajstić information content (AvgIpc) is 2.89. The van der Waals surface area contributed by atoms with Gasteiger partial charge in [-0.25, -0.2) is 0 Å². The number of amides is 1. The number of rotatable bonds is 13. The molecule has 39 heavy (non-hydrogen) atoms. The number of hydrogen-bond donors (Lipinski definition) is 1. The van der Waals surface area contributed by atoms with Crippen molar-refractivity contribution >= 4 is 30.1 Å². The summed E-state index contributed by atoms with van der Waals surface area (Å²) < 4.78 is 0. The van der Waals surface area contributed by atoms with E-state index in [4.69, 9.17) is 4.99 Å². The molecule has 2 atom stereocenters. The number of phenolic OH excluding ortho intramolecular Hbond substituents is 1. The van der Waals surface area contributed by atoms with Crippen molar-refractivity contribution in [3.05, 3.63) is 48.6 Å². The third-order valence-corrected chi connectivity index (χ3v) is 8.00. The standard InChI is InChI=1S/C31H48N6O2/c1-8-12-28-24(9-2)17-27(38)18-30(28)37-14-13-25(19-34(7)15-16-36(11-4)31(39)10-3)29(22-37)32-23-35-20-26(21-35)33(5)6/h8-10,12,17-18,23,25-26,29,38H,2-3,11,13-16,19-22H2,1,4-7H3/b12-8-,32-23?/t25-,29?/m1/s1. The molecule has 0 spiro atoms. The monoisotopic (exact) mass is 536 g/mol. The third-order valence-electron chi connectivity index (χ3n) is 8.00. The first-order valence-electron chi connectivity index (χ1n) is 14.1. The van der Waals surface area contributed by atoms with Gasteiger partial charge in [-0.1, -0.05) is 31.4 Å². The van der Waals surface area contributed by atoms with Gasteiger partial charge in [-0.05, 0) is 65.0 Å². The van der Waals surface area contributed by atoms with Gasteiger partial charge in [0.05, 0.1) is 12.4 Å². The summed E-state index contributed by atoms with van der Waals surface area (Å²) in [5, 5.41) is 10.5. The zero-order valence-electron chi connectivity index (χ0n) is 24.6. The topological polar surface area (TPSA) is 65.9 Å². The van der Waals surface area contributed by atoms with E-state index in [1.165, 1.54) is 6.08 Å². The number of piperidine rings is 1. The summed E-state index contributed by atoms with van der Waals surface area (Å²) in [4.78, 5) is 28.3. The molecule has 0 saturated carbocycles. The maximum Gasteiger partial charge on any atom is 0.245 e. The van der Waals surface area contributed by atoms with Crippen molar-refractivity contribution in [3.63, 3.8) is 0 Å². The first kappa shape index (κ1) is 30.4. The van der Waals surface area contributed by atoms with Crippen molar-refractivity contribution in [2.75, 3.05) is 78.4 Å². The Labute approximate surface area is 235 Å². The Balaban J connectivity index is 1.77. The van der Waals surface area contributed by atoms with Crippen LogP contribution in [0.25, 0.3) is 12.2 Å². The number of hydrogen-bond acceptors (Lipinski definition) is 6. The number of allylic oxidation sites excluding steroid dienone is 1. The van der Waals surface area contributed by atoms with Crippen LogP contribution in [-0.2, 0) is 4.79 Å². The first-order valence-corrected chi connectivity index (χ1v) is 14.1. The molecule has 0 radical (unpaired) electrons. The molecule has 1 unspecified atom stereocenters. The number of nitrogens with zero attached hydrogens (tertiary/aromatic N) is 6. The lowest BCUT2D eigenvalue weighted by Gasteiger charge is -2.43. The molecule has 0 aromatic heterocycles. The van der Waals surface area contributed by atoms with Gasteiger partial charge >= 0.3 is 0 Å². The minimum atomic E-state index is -0.0193. The highest BCUT2D eigenvalue weighted by Crippen LogP contribution is 2.34. The molecule has 1 N–H and O–H groups in total. The SMILES string of the molecule is C=CC(=O)N(CC)CCN(C)C[C@H]1CCN(c2cc(O)cc(C=C)c2/C=C\C)CC1N=CN1CC(N(C)C)C1. The van der Waals surface area contributed by atoms with Crippen LogP contribution in [0.3, 0.4) is 0 Å². The molecule has 1 aromatic carbocycles. The molecule has 2 heterocycles. The van der Waals surface area contributed by atoms with Crippen molar-refractivity contribution in [1.82, 2.24) is 19.6 Å². The number of benzene rings is 1. The first-order chi connectivity index (χ1) is 18.7. The van der Waals surface area contributed by atoms with Gasteiger partial charge in [0.15, 0.2) is 0 Å². The van der Waals surface area contributed by atoms with Gasteiger partial charge in [-0.15, -0.1) is 0 Å². The van der Waals surface area contributed by atoms with Crippen molar-refractivity contribution in [2.45, 2.75) is 32.4 Å². The van der Waals surface area contributed by atoms with Crippen molar-refractivity contribution in [1.29, 1.82) is 0 Å². The van der Waals surface area contributed by atoms with Crippen molar-refractivity contribution in [2.24, 2.45) is 10.9 Å². The second kappa shape index (κ2) is 14.3. The summed E-state index contributed by atoms with van der Waals surface area (Å²) in [7, 11) is 6.38. The second-order valence-corrected chi connectivity index (χ2v) is 11.0. The molecule has 2 aliphatic heterocycles. The zero-order chi connectivity index (χ0) is 28.5. The minimum Gasteiger partial charge on any atom is -0.508 e. The van der Waals surface area contributed by atoms with Gasteiger partial charge in [-0.2, -0.15) is 0 Å². The molecule has 1 amide bonds. The molecule has 2 saturated heterocycles. The fourth-order valence-electron chi connectivity index (χ4n) is 5.43. The normalized spacial score (nSPS) is 20.3. The van der Waals surface area contributed by atoms with Crippen LogP contribution in [0, 0.1) is 5.92 Å². The maximum atomic E-state index is 12.1. The highest BCUT2D eigenvalue weighted by atomic mass is 16.3. The fourth-order valence-corrected chi connectivity index (χ4v) is 5.43. The van der Waals surface area contributed by atoms with E-state index in [0.717, 1.165) is 62.5 Å². The van der Waals surface area contributed by atoms with E-state index in [2.05, 4.69) is 60.0 Å². The van der Waals surface area contributed by atoms with Crippen molar-refractivity contribution < 1.29 is 9.90 Å². The van der Waals surface area contributed by atoms with E-state index in [9.17, 15) is 9.90 Å². The summed E-state index contributed by atoms with van der Waals surface area (Å²) in [5.74, 6) is 0.620. The molecular weight excluding hydrogens is 488 g/mol. The number of anilines is 1. The number of aromatic hydroxyl groups is 1. The Bertz CT molecular complexity index is 1050. The molecule has 8 heteroatoms. The smallest absolute Gasteiger partial charge is 0.245 e. The van der Waals surface area contributed by atoms with Gasteiger partial charge in [0.1, 0.15) is 5.75 Å². The van der Waals surface area contributed by atoms with Crippen LogP contribution in [0.2, 0.25) is 0 Å². The highest BCUT2D eigenvalue weighted by Gasteiger charge is 2.32. The summed E-state index contributed by atoms with van der Waals surface area (Å²) in [6, 6.07) is 4.33. The number of likely N-dealkylation sites (tertiary alicyclic amines) is 1. The van der Waals surface area contributed by atoms with Gasteiger partial charge in [0.25, 0.3) is 0 Å². The van der Waals surface area contributed by atoms with E-state index in [0.29, 0.717) is 25.0 Å². The van der Waals surface area contributed by atoms with Crippen LogP contribution in [0.15, 0.2) is 42.4 Å². The van der Waals surface area contributed by atoms with Crippen LogP contribution < -0.4 is 4.90 Å². The van der Waals surface area contributed by atoms with Gasteiger partial charge < -0.3 is 29.6 Å². The van der Waals surface area contributed by atoms with E-state index >= 15 is 0 Å². The lowest BCUT2D eigenvalue weighted by Crippen LogP contribution is -2.56. The Morgan fingerprint density at radius 3 is 2.54 bits per heavy atom. The zero-order valence-corrected chi connectivity index (χ0v) is 24.6. The molecule has 2 aliphatic rings. The minimum absolute atomic E-state index is 0.0193. The fraction of sp³-hybridized carbons (Fsp3) is 0.548. The molecule has 0 aliphatic carbocycles. The Kier molecular flexibility index (Phi) is 11.2. The average molecular weight is 537 g/mol. The maximum absolute atomic E-state index is 12.1. The summed E-state index contributed by atoms with van der Waals surface area (Å²) in [6.07, 6.45) is 10.4. The molecule has 8 nitrogen and oxygen atoms in total. The van der Waals surface area contributed by atoms with Crippen LogP contribution >= 0.6 is 0 Å². The van der Waals surface area contributed by atoms with Gasteiger partial charge in [-0.3, -0.25) is 9.79 Å². The molecular formula is C31H48N6O2. The summed E-state index contributed by atoms with van der Waals surface area (Å²) >= 11 is 0. The van der Waals surface area contributed by atoms with E-state index in [-0.39, 0.29) is 17.7 Å².